The van der Waals surface area contributed by atoms with Gasteiger partial charge in [-0.1, -0.05) is 38.1 Å². The van der Waals surface area contributed by atoms with E-state index in [1.807, 2.05) is 12.1 Å². The van der Waals surface area contributed by atoms with E-state index in [4.69, 9.17) is 9.47 Å². The fourth-order valence-corrected chi connectivity index (χ4v) is 5.47. The van der Waals surface area contributed by atoms with E-state index >= 15 is 0 Å². The van der Waals surface area contributed by atoms with Gasteiger partial charge < -0.3 is 9.47 Å². The Labute approximate surface area is 189 Å². The summed E-state index contributed by atoms with van der Waals surface area (Å²) in [6.07, 6.45) is 5.26. The number of amides is 2. The van der Waals surface area contributed by atoms with Crippen molar-refractivity contribution in [3.05, 3.63) is 65.2 Å². The number of fused-ring (bicyclic) bond motifs is 3. The van der Waals surface area contributed by atoms with Gasteiger partial charge >= 0.3 is 0 Å². The molecule has 0 radical (unpaired) electrons. The Bertz CT molecular complexity index is 966. The van der Waals surface area contributed by atoms with Crippen LogP contribution in [0.25, 0.3) is 0 Å². The maximum absolute atomic E-state index is 12.9. The summed E-state index contributed by atoms with van der Waals surface area (Å²) in [7, 11) is 0. The summed E-state index contributed by atoms with van der Waals surface area (Å²) in [6, 6.07) is 15.1. The summed E-state index contributed by atoms with van der Waals surface area (Å²) in [5.41, 5.74) is 2.17. The van der Waals surface area contributed by atoms with Crippen molar-refractivity contribution in [2.45, 2.75) is 64.3 Å². The van der Waals surface area contributed by atoms with Gasteiger partial charge in [0.2, 0.25) is 6.29 Å². The maximum Gasteiger partial charge on any atom is 0.261 e. The third kappa shape index (κ3) is 3.95. The first-order valence-electron chi connectivity index (χ1n) is 11.9. The van der Waals surface area contributed by atoms with Crippen LogP contribution in [0.1, 0.15) is 78.1 Å². The van der Waals surface area contributed by atoms with Crippen molar-refractivity contribution in [2.75, 3.05) is 6.54 Å². The summed E-state index contributed by atoms with van der Waals surface area (Å²) in [5.74, 6) is 1.93. The first-order valence-corrected chi connectivity index (χ1v) is 11.9. The minimum absolute atomic E-state index is 0.0906. The normalized spacial score (nSPS) is 25.8. The van der Waals surface area contributed by atoms with Gasteiger partial charge in [0.05, 0.1) is 23.8 Å². The van der Waals surface area contributed by atoms with E-state index in [1.165, 1.54) is 29.7 Å². The smallest absolute Gasteiger partial charge is 0.261 e. The Morgan fingerprint density at radius 3 is 2.22 bits per heavy atom. The zero-order valence-electron chi connectivity index (χ0n) is 18.8. The lowest BCUT2D eigenvalue weighted by Crippen LogP contribution is -2.43. The van der Waals surface area contributed by atoms with Crippen LogP contribution in [0.4, 0.5) is 0 Å². The van der Waals surface area contributed by atoms with Crippen molar-refractivity contribution in [2.24, 2.45) is 11.8 Å². The lowest BCUT2D eigenvalue weighted by molar-refractivity contribution is -0.138. The molecule has 1 heterocycles. The number of carbonyl (C=O) groups excluding carboxylic acids is 2. The number of benzene rings is 2. The number of rotatable bonds is 8. The SMILES string of the molecule is CCC(C)c1ccc(OC(CN2C(=O)c3ccccc3C2=O)OC2CC3CCC2C3)cc1. The number of ether oxygens (including phenoxy) is 2. The fourth-order valence-electron chi connectivity index (χ4n) is 5.47. The van der Waals surface area contributed by atoms with Gasteiger partial charge in [0.25, 0.3) is 11.8 Å². The topological polar surface area (TPSA) is 55.8 Å². The first-order chi connectivity index (χ1) is 15.5. The lowest BCUT2D eigenvalue weighted by Gasteiger charge is -2.30. The average Bonchev–Trinajstić information content (AvgIpc) is 3.50. The molecule has 5 atom stereocenters. The van der Waals surface area contributed by atoms with E-state index in [2.05, 4.69) is 26.0 Å². The van der Waals surface area contributed by atoms with Gasteiger partial charge in [-0.3, -0.25) is 14.5 Å². The summed E-state index contributed by atoms with van der Waals surface area (Å²) in [4.78, 5) is 27.1. The minimum atomic E-state index is -0.684. The minimum Gasteiger partial charge on any atom is -0.463 e. The molecule has 168 valence electrons. The van der Waals surface area contributed by atoms with Gasteiger partial charge in [-0.2, -0.15) is 0 Å². The van der Waals surface area contributed by atoms with Gasteiger partial charge in [0, 0.05) is 0 Å². The molecular formula is C27H31NO4. The zero-order chi connectivity index (χ0) is 22.2. The van der Waals surface area contributed by atoms with Crippen LogP contribution in [-0.2, 0) is 4.74 Å². The van der Waals surface area contributed by atoms with Crippen LogP contribution >= 0.6 is 0 Å². The van der Waals surface area contributed by atoms with Gasteiger partial charge in [-0.25, -0.2) is 0 Å². The second-order valence-electron chi connectivity index (χ2n) is 9.54. The lowest BCUT2D eigenvalue weighted by atomic mass is 9.98. The molecule has 2 aliphatic carbocycles. The third-order valence-corrected chi connectivity index (χ3v) is 7.54. The molecule has 0 aromatic heterocycles. The van der Waals surface area contributed by atoms with E-state index in [0.29, 0.717) is 28.7 Å². The van der Waals surface area contributed by atoms with Gasteiger partial charge in [-0.15, -0.1) is 0 Å². The van der Waals surface area contributed by atoms with Crippen LogP contribution in [0.5, 0.6) is 5.75 Å². The molecule has 5 rings (SSSR count). The molecule has 0 N–H and O–H groups in total. The Morgan fingerprint density at radius 2 is 1.66 bits per heavy atom. The van der Waals surface area contributed by atoms with Crippen molar-refractivity contribution in [3.8, 4) is 5.75 Å². The van der Waals surface area contributed by atoms with Crippen molar-refractivity contribution >= 4 is 11.8 Å². The highest BCUT2D eigenvalue weighted by Crippen LogP contribution is 2.46. The number of nitrogens with zero attached hydrogens (tertiary/aromatic N) is 1. The number of carbonyl (C=O) groups is 2. The van der Waals surface area contributed by atoms with Crippen LogP contribution in [0.3, 0.4) is 0 Å². The van der Waals surface area contributed by atoms with Crippen molar-refractivity contribution in [1.29, 1.82) is 0 Å². The molecule has 5 nitrogen and oxygen atoms in total. The monoisotopic (exact) mass is 433 g/mol. The molecule has 32 heavy (non-hydrogen) atoms. The van der Waals surface area contributed by atoms with Crippen LogP contribution in [0.2, 0.25) is 0 Å². The fraction of sp³-hybridized carbons (Fsp3) is 0.481. The Kier molecular flexibility index (Phi) is 5.76. The van der Waals surface area contributed by atoms with Crippen molar-refractivity contribution in [1.82, 2.24) is 4.90 Å². The second kappa shape index (κ2) is 8.70. The highest BCUT2D eigenvalue weighted by molar-refractivity contribution is 6.21. The molecule has 2 bridgehead atoms. The molecule has 2 aromatic rings. The number of imide groups is 1. The number of hydrogen-bond acceptors (Lipinski definition) is 4. The Balaban J connectivity index is 1.34. The zero-order valence-corrected chi connectivity index (χ0v) is 18.8. The summed E-state index contributed by atoms with van der Waals surface area (Å²) < 4.78 is 12.7. The van der Waals surface area contributed by atoms with Crippen LogP contribution in [0.15, 0.2) is 48.5 Å². The van der Waals surface area contributed by atoms with E-state index in [0.717, 1.165) is 18.8 Å². The van der Waals surface area contributed by atoms with Gasteiger partial charge in [0.1, 0.15) is 5.75 Å². The first kappa shape index (κ1) is 21.2. The molecule has 5 unspecified atom stereocenters. The van der Waals surface area contributed by atoms with Crippen LogP contribution in [-0.4, -0.2) is 35.7 Å². The Morgan fingerprint density at radius 1 is 0.969 bits per heavy atom. The second-order valence-corrected chi connectivity index (χ2v) is 9.54. The van der Waals surface area contributed by atoms with Crippen LogP contribution in [0, 0.1) is 11.8 Å². The largest absolute Gasteiger partial charge is 0.463 e. The molecule has 5 heteroatoms. The van der Waals surface area contributed by atoms with Gasteiger partial charge in [0.15, 0.2) is 0 Å². The highest BCUT2D eigenvalue weighted by atomic mass is 16.7. The maximum atomic E-state index is 12.9. The molecule has 0 saturated heterocycles. The van der Waals surface area contributed by atoms with E-state index < -0.39 is 6.29 Å². The Hall–Kier alpha value is -2.66. The van der Waals surface area contributed by atoms with E-state index in [1.54, 1.807) is 24.3 Å². The molecule has 0 spiro atoms. The molecule has 3 aliphatic rings. The molecule has 1 aliphatic heterocycles. The standard InChI is InChI=1S/C27H31NO4/c1-3-17(2)19-10-12-21(13-11-19)31-25(32-24-15-18-8-9-20(24)14-18)16-28-26(29)22-6-4-5-7-23(22)27(28)30/h4-7,10-13,17-18,20,24-25H,3,8-9,14-16H2,1-2H3. The molecule has 2 amide bonds. The van der Waals surface area contributed by atoms with Crippen LogP contribution < -0.4 is 4.74 Å². The van der Waals surface area contributed by atoms with Gasteiger partial charge in [-0.05, 0) is 79.7 Å². The van der Waals surface area contributed by atoms with E-state index in [9.17, 15) is 9.59 Å². The summed E-state index contributed by atoms with van der Waals surface area (Å²) in [6.45, 7) is 4.48. The molecule has 2 fully saturated rings. The predicted octanol–water partition coefficient (Wildman–Crippen LogP) is 5.41. The molecular weight excluding hydrogens is 402 g/mol. The molecule has 2 aromatic carbocycles. The molecule has 2 saturated carbocycles. The van der Waals surface area contributed by atoms with E-state index in [-0.39, 0.29) is 24.5 Å². The predicted molar refractivity (Wildman–Crippen MR) is 122 cm³/mol. The quantitative estimate of drug-likeness (QED) is 0.413. The third-order valence-electron chi connectivity index (χ3n) is 7.54. The summed E-state index contributed by atoms with van der Waals surface area (Å²) >= 11 is 0. The summed E-state index contributed by atoms with van der Waals surface area (Å²) in [5, 5.41) is 0. The highest BCUT2D eigenvalue weighted by Gasteiger charge is 2.43. The van der Waals surface area contributed by atoms with Crippen molar-refractivity contribution < 1.29 is 19.1 Å². The number of hydrogen-bond donors (Lipinski definition) is 0. The average molecular weight is 434 g/mol. The van der Waals surface area contributed by atoms with Crippen molar-refractivity contribution in [3.63, 3.8) is 0 Å².